The molecule has 2 amide bonds. The predicted molar refractivity (Wildman–Crippen MR) is 129 cm³/mol. The van der Waals surface area contributed by atoms with Gasteiger partial charge in [-0.15, -0.1) is 0 Å². The average molecular weight is 450 g/mol. The van der Waals surface area contributed by atoms with Crippen LogP contribution in [0.2, 0.25) is 0 Å². The molecule has 1 N–H and O–H groups in total. The molecule has 0 bridgehead atoms. The SMILES string of the molecule is CC(NC(=O)C[C@H]1CCC2C3CCC4N(C)C(=O)C=C[C@]4(C)C3CC[C@@]21C)c1ccccn1. The fourth-order valence-electron chi connectivity index (χ4n) is 8.41. The van der Waals surface area contributed by atoms with Gasteiger partial charge in [0.15, 0.2) is 0 Å². The second kappa shape index (κ2) is 8.25. The Labute approximate surface area is 198 Å². The maximum atomic E-state index is 13.0. The van der Waals surface area contributed by atoms with Crippen molar-refractivity contribution in [1.82, 2.24) is 15.2 Å². The molecule has 1 aromatic rings. The van der Waals surface area contributed by atoms with Crippen molar-refractivity contribution in [2.75, 3.05) is 7.05 Å². The predicted octanol–water partition coefficient (Wildman–Crippen LogP) is 4.90. The highest BCUT2D eigenvalue weighted by atomic mass is 16.2. The zero-order valence-electron chi connectivity index (χ0n) is 20.6. The molecule has 178 valence electrons. The Kier molecular flexibility index (Phi) is 5.65. The Balaban J connectivity index is 1.28. The summed E-state index contributed by atoms with van der Waals surface area (Å²) in [5.41, 5.74) is 1.24. The smallest absolute Gasteiger partial charge is 0.246 e. The van der Waals surface area contributed by atoms with Gasteiger partial charge in [0.2, 0.25) is 11.8 Å². The summed E-state index contributed by atoms with van der Waals surface area (Å²) in [7, 11) is 1.98. The van der Waals surface area contributed by atoms with Crippen LogP contribution in [0.3, 0.4) is 0 Å². The van der Waals surface area contributed by atoms with Gasteiger partial charge in [-0.3, -0.25) is 14.6 Å². The van der Waals surface area contributed by atoms with Crippen LogP contribution < -0.4 is 5.32 Å². The minimum atomic E-state index is -0.0625. The summed E-state index contributed by atoms with van der Waals surface area (Å²) in [5.74, 6) is 2.80. The van der Waals surface area contributed by atoms with E-state index in [1.54, 1.807) is 6.20 Å². The number of hydrogen-bond donors (Lipinski definition) is 1. The van der Waals surface area contributed by atoms with E-state index in [1.807, 2.05) is 43.1 Å². The normalized spacial score (nSPS) is 40.5. The zero-order valence-corrected chi connectivity index (χ0v) is 20.6. The van der Waals surface area contributed by atoms with Gasteiger partial charge in [0, 0.05) is 31.1 Å². The number of rotatable bonds is 4. The molecule has 8 atom stereocenters. The fraction of sp³-hybridized carbons (Fsp3) is 0.679. The zero-order chi connectivity index (χ0) is 23.4. The monoisotopic (exact) mass is 449 g/mol. The van der Waals surface area contributed by atoms with Gasteiger partial charge in [0.25, 0.3) is 0 Å². The van der Waals surface area contributed by atoms with Gasteiger partial charge in [-0.25, -0.2) is 0 Å². The molecule has 4 aliphatic rings. The number of fused-ring (bicyclic) bond motifs is 5. The molecule has 5 unspecified atom stereocenters. The van der Waals surface area contributed by atoms with Gasteiger partial charge in [-0.05, 0) is 92.7 Å². The highest BCUT2D eigenvalue weighted by Gasteiger charge is 2.60. The van der Waals surface area contributed by atoms with E-state index in [0.29, 0.717) is 36.1 Å². The van der Waals surface area contributed by atoms with Gasteiger partial charge < -0.3 is 10.2 Å². The summed E-state index contributed by atoms with van der Waals surface area (Å²) in [5, 5.41) is 3.20. The summed E-state index contributed by atoms with van der Waals surface area (Å²) in [6.07, 6.45) is 13.6. The number of likely N-dealkylation sites (N-methyl/N-ethyl adjacent to an activating group) is 1. The van der Waals surface area contributed by atoms with E-state index >= 15 is 0 Å². The Hall–Kier alpha value is -2.17. The highest BCUT2D eigenvalue weighted by molar-refractivity contribution is 5.89. The van der Waals surface area contributed by atoms with Crippen molar-refractivity contribution in [2.24, 2.45) is 34.5 Å². The first kappa shape index (κ1) is 22.6. The van der Waals surface area contributed by atoms with Crippen molar-refractivity contribution < 1.29 is 9.59 Å². The molecule has 0 saturated heterocycles. The van der Waals surface area contributed by atoms with E-state index in [0.717, 1.165) is 18.5 Å². The lowest BCUT2D eigenvalue weighted by Gasteiger charge is -2.60. The third-order valence-corrected chi connectivity index (χ3v) is 10.3. The van der Waals surface area contributed by atoms with E-state index in [4.69, 9.17) is 0 Å². The van der Waals surface area contributed by atoms with Crippen LogP contribution >= 0.6 is 0 Å². The number of nitrogens with zero attached hydrogens (tertiary/aromatic N) is 2. The van der Waals surface area contributed by atoms with Crippen LogP contribution in [0.1, 0.15) is 77.5 Å². The molecule has 0 aromatic carbocycles. The Morgan fingerprint density at radius 2 is 2.00 bits per heavy atom. The highest BCUT2D eigenvalue weighted by Crippen LogP contribution is 2.65. The number of pyridine rings is 1. The lowest BCUT2D eigenvalue weighted by Crippen LogP contribution is -2.59. The number of hydrogen-bond acceptors (Lipinski definition) is 3. The second-order valence-electron chi connectivity index (χ2n) is 11.7. The summed E-state index contributed by atoms with van der Waals surface area (Å²) < 4.78 is 0. The van der Waals surface area contributed by atoms with Crippen molar-refractivity contribution in [3.8, 4) is 0 Å². The molecule has 3 saturated carbocycles. The van der Waals surface area contributed by atoms with E-state index in [2.05, 4.69) is 30.2 Å². The molecule has 3 aliphatic carbocycles. The van der Waals surface area contributed by atoms with Crippen molar-refractivity contribution in [3.05, 3.63) is 42.2 Å². The van der Waals surface area contributed by atoms with Gasteiger partial charge in [0.05, 0.1) is 11.7 Å². The minimum absolute atomic E-state index is 0.0625. The van der Waals surface area contributed by atoms with E-state index in [1.165, 1.54) is 25.7 Å². The van der Waals surface area contributed by atoms with Crippen LogP contribution in [0.4, 0.5) is 0 Å². The fourth-order valence-corrected chi connectivity index (χ4v) is 8.41. The van der Waals surface area contributed by atoms with Crippen LogP contribution in [0.5, 0.6) is 0 Å². The standard InChI is InChI=1S/C28H39N3O2/c1-18(23-7-5-6-16-29-23)30-25(32)17-19-8-10-21-20-9-11-24-28(3,15-13-26(33)31(24)4)22(20)12-14-27(19,21)2/h5-7,13,15-16,18-22,24H,8-12,14,17H2,1-4H3,(H,30,32)/t18?,19-,20?,21?,22?,24?,27-,28-/m1/s1. The Morgan fingerprint density at radius 1 is 1.18 bits per heavy atom. The first-order chi connectivity index (χ1) is 15.7. The van der Waals surface area contributed by atoms with Crippen LogP contribution in [0.15, 0.2) is 36.5 Å². The molecule has 5 heteroatoms. The lowest BCUT2D eigenvalue weighted by molar-refractivity contribution is -0.139. The van der Waals surface area contributed by atoms with Crippen molar-refractivity contribution in [3.63, 3.8) is 0 Å². The van der Waals surface area contributed by atoms with Crippen molar-refractivity contribution >= 4 is 11.8 Å². The molecule has 3 fully saturated rings. The van der Waals surface area contributed by atoms with Crippen LogP contribution in [0.25, 0.3) is 0 Å². The molecule has 1 aliphatic heterocycles. The maximum absolute atomic E-state index is 13.0. The number of aromatic nitrogens is 1. The Morgan fingerprint density at radius 3 is 2.76 bits per heavy atom. The van der Waals surface area contributed by atoms with E-state index < -0.39 is 0 Å². The van der Waals surface area contributed by atoms with Crippen LogP contribution in [-0.4, -0.2) is 34.8 Å². The average Bonchev–Trinajstić information content (AvgIpc) is 3.13. The van der Waals surface area contributed by atoms with Gasteiger partial charge in [-0.1, -0.05) is 26.0 Å². The molecule has 33 heavy (non-hydrogen) atoms. The number of amides is 2. The molecule has 2 heterocycles. The number of carbonyl (C=O) groups is 2. The molecular weight excluding hydrogens is 410 g/mol. The summed E-state index contributed by atoms with van der Waals surface area (Å²) in [6.45, 7) is 6.89. The Bertz CT molecular complexity index is 946. The third-order valence-electron chi connectivity index (χ3n) is 10.3. The van der Waals surface area contributed by atoms with E-state index in [-0.39, 0.29) is 28.7 Å². The molecule has 5 nitrogen and oxygen atoms in total. The quantitative estimate of drug-likeness (QED) is 0.711. The first-order valence-corrected chi connectivity index (χ1v) is 12.9. The van der Waals surface area contributed by atoms with Crippen LogP contribution in [0, 0.1) is 34.5 Å². The van der Waals surface area contributed by atoms with Gasteiger partial charge in [-0.2, -0.15) is 0 Å². The summed E-state index contributed by atoms with van der Waals surface area (Å²) >= 11 is 0. The molecular formula is C28H39N3O2. The van der Waals surface area contributed by atoms with Crippen LogP contribution in [-0.2, 0) is 9.59 Å². The third kappa shape index (κ3) is 3.63. The number of carbonyl (C=O) groups excluding carboxylic acids is 2. The minimum Gasteiger partial charge on any atom is -0.348 e. The molecule has 0 radical (unpaired) electrons. The largest absolute Gasteiger partial charge is 0.348 e. The van der Waals surface area contributed by atoms with Crippen molar-refractivity contribution in [2.45, 2.75) is 77.8 Å². The maximum Gasteiger partial charge on any atom is 0.246 e. The second-order valence-corrected chi connectivity index (χ2v) is 11.7. The summed E-state index contributed by atoms with van der Waals surface area (Å²) in [6, 6.07) is 6.11. The first-order valence-electron chi connectivity index (χ1n) is 12.9. The molecule has 0 spiro atoms. The topological polar surface area (TPSA) is 62.3 Å². The number of nitrogens with one attached hydrogen (secondary N) is 1. The van der Waals surface area contributed by atoms with E-state index in [9.17, 15) is 9.59 Å². The van der Waals surface area contributed by atoms with Crippen molar-refractivity contribution in [1.29, 1.82) is 0 Å². The summed E-state index contributed by atoms with van der Waals surface area (Å²) in [4.78, 5) is 31.7. The molecule has 1 aromatic heterocycles. The lowest BCUT2D eigenvalue weighted by atomic mass is 9.47. The molecule has 5 rings (SSSR count). The van der Waals surface area contributed by atoms with Gasteiger partial charge >= 0.3 is 0 Å². The van der Waals surface area contributed by atoms with Gasteiger partial charge in [0.1, 0.15) is 0 Å².